The van der Waals surface area contributed by atoms with Crippen molar-refractivity contribution in [2.45, 2.75) is 46.0 Å². The van der Waals surface area contributed by atoms with Crippen molar-refractivity contribution in [3.8, 4) is 0 Å². The second-order valence-corrected chi connectivity index (χ2v) is 7.00. The molecule has 0 amide bonds. The molecule has 0 spiro atoms. The van der Waals surface area contributed by atoms with Crippen molar-refractivity contribution >= 4 is 17.5 Å². The number of ether oxygens (including phenoxy) is 2. The third kappa shape index (κ3) is 3.48. The molecule has 0 radical (unpaired) electrons. The number of aromatic nitrogens is 2. The number of rotatable bonds is 4. The molecule has 2 aliphatic carbocycles. The largest absolute Gasteiger partial charge is 0.469 e. The highest BCUT2D eigenvalue weighted by molar-refractivity contribution is 5.77. The van der Waals surface area contributed by atoms with E-state index < -0.39 is 0 Å². The summed E-state index contributed by atoms with van der Waals surface area (Å²) >= 11 is 0. The lowest BCUT2D eigenvalue weighted by Crippen LogP contribution is -2.27. The predicted octanol–water partition coefficient (Wildman–Crippen LogP) is 2.68. The van der Waals surface area contributed by atoms with Crippen LogP contribution in [0.3, 0.4) is 0 Å². The third-order valence-corrected chi connectivity index (χ3v) is 5.42. The van der Waals surface area contributed by atoms with Gasteiger partial charge in [-0.2, -0.15) is 5.10 Å². The zero-order valence-corrected chi connectivity index (χ0v) is 15.1. The second-order valence-electron chi connectivity index (χ2n) is 7.00. The number of nitrogens with zero attached hydrogens (tertiary/aromatic N) is 1. The van der Waals surface area contributed by atoms with Gasteiger partial charge in [0, 0.05) is 17.7 Å². The summed E-state index contributed by atoms with van der Waals surface area (Å²) in [5.74, 6) is -0.168. The molecule has 0 saturated heterocycles. The molecule has 1 heterocycles. The van der Waals surface area contributed by atoms with Crippen LogP contribution in [0.1, 0.15) is 50.1 Å². The summed E-state index contributed by atoms with van der Waals surface area (Å²) in [7, 11) is 1.43. The van der Waals surface area contributed by atoms with E-state index in [-0.39, 0.29) is 29.7 Å². The van der Waals surface area contributed by atoms with E-state index in [1.54, 1.807) is 0 Å². The van der Waals surface area contributed by atoms with Gasteiger partial charge < -0.3 is 9.47 Å². The SMILES string of the molecule is CCOC(=O)[C@@H]1CC=C(c2n[nH]c3c2CCC(C(=O)OC)C3)C[C@@H]1C. The summed E-state index contributed by atoms with van der Waals surface area (Å²) in [6.07, 6.45) is 5.92. The maximum atomic E-state index is 12.0. The molecule has 3 rings (SSSR count). The number of H-pyrrole nitrogens is 1. The fourth-order valence-electron chi connectivity index (χ4n) is 3.99. The maximum Gasteiger partial charge on any atom is 0.309 e. The van der Waals surface area contributed by atoms with Crippen molar-refractivity contribution in [1.82, 2.24) is 10.2 Å². The maximum absolute atomic E-state index is 12.0. The van der Waals surface area contributed by atoms with Crippen molar-refractivity contribution in [3.63, 3.8) is 0 Å². The van der Waals surface area contributed by atoms with Crippen molar-refractivity contribution in [2.75, 3.05) is 13.7 Å². The third-order valence-electron chi connectivity index (χ3n) is 5.42. The highest BCUT2D eigenvalue weighted by Gasteiger charge is 2.33. The Labute approximate surface area is 148 Å². The van der Waals surface area contributed by atoms with Crippen molar-refractivity contribution < 1.29 is 19.1 Å². The van der Waals surface area contributed by atoms with Crippen LogP contribution in [0.25, 0.3) is 5.57 Å². The normalized spacial score (nSPS) is 25.7. The van der Waals surface area contributed by atoms with E-state index in [4.69, 9.17) is 9.47 Å². The lowest BCUT2D eigenvalue weighted by Gasteiger charge is -2.27. The molecular weight excluding hydrogens is 320 g/mol. The Balaban J connectivity index is 1.75. The van der Waals surface area contributed by atoms with Crippen molar-refractivity contribution in [3.05, 3.63) is 23.0 Å². The van der Waals surface area contributed by atoms with Crippen LogP contribution in [0, 0.1) is 17.8 Å². The molecule has 3 atom stereocenters. The molecule has 2 aliphatic rings. The molecular formula is C19H26N2O4. The first-order valence-corrected chi connectivity index (χ1v) is 9.05. The molecule has 0 saturated carbocycles. The Bertz CT molecular complexity index is 692. The second kappa shape index (κ2) is 7.42. The molecule has 6 heteroatoms. The highest BCUT2D eigenvalue weighted by atomic mass is 16.5. The van der Waals surface area contributed by atoms with Gasteiger partial charge in [-0.3, -0.25) is 14.7 Å². The molecule has 25 heavy (non-hydrogen) atoms. The minimum Gasteiger partial charge on any atom is -0.469 e. The Morgan fingerprint density at radius 1 is 1.32 bits per heavy atom. The van der Waals surface area contributed by atoms with Crippen molar-refractivity contribution in [1.29, 1.82) is 0 Å². The number of allylic oxidation sites excluding steroid dienone is 2. The monoisotopic (exact) mass is 346 g/mol. The predicted molar refractivity (Wildman–Crippen MR) is 92.6 cm³/mol. The van der Waals surface area contributed by atoms with Gasteiger partial charge in [0.25, 0.3) is 0 Å². The van der Waals surface area contributed by atoms with Crippen LogP contribution >= 0.6 is 0 Å². The first-order chi connectivity index (χ1) is 12.0. The number of carbonyl (C=O) groups is 2. The van der Waals surface area contributed by atoms with Gasteiger partial charge in [0.15, 0.2) is 0 Å². The Morgan fingerprint density at radius 2 is 2.12 bits per heavy atom. The first kappa shape index (κ1) is 17.7. The van der Waals surface area contributed by atoms with E-state index in [9.17, 15) is 9.59 Å². The molecule has 1 unspecified atom stereocenters. The molecule has 1 aromatic rings. The van der Waals surface area contributed by atoms with Gasteiger partial charge >= 0.3 is 11.9 Å². The molecule has 0 aromatic carbocycles. The minimum absolute atomic E-state index is 0.0674. The van der Waals surface area contributed by atoms with Crippen LogP contribution in [0.5, 0.6) is 0 Å². The summed E-state index contributed by atoms with van der Waals surface area (Å²) in [5, 5.41) is 7.63. The average Bonchev–Trinajstić information content (AvgIpc) is 3.04. The topological polar surface area (TPSA) is 81.3 Å². The number of aromatic amines is 1. The Morgan fingerprint density at radius 3 is 2.80 bits per heavy atom. The lowest BCUT2D eigenvalue weighted by atomic mass is 9.78. The number of carbonyl (C=O) groups excluding carboxylic acids is 2. The molecule has 1 aromatic heterocycles. The fraction of sp³-hybridized carbons (Fsp3) is 0.632. The van der Waals surface area contributed by atoms with E-state index in [0.717, 1.165) is 30.7 Å². The van der Waals surface area contributed by atoms with E-state index >= 15 is 0 Å². The van der Waals surface area contributed by atoms with Gasteiger partial charge in [-0.1, -0.05) is 13.0 Å². The number of hydrogen-bond acceptors (Lipinski definition) is 5. The van der Waals surface area contributed by atoms with E-state index in [0.29, 0.717) is 19.4 Å². The van der Waals surface area contributed by atoms with Crippen LogP contribution < -0.4 is 0 Å². The van der Waals surface area contributed by atoms with Crippen LogP contribution in [-0.2, 0) is 31.9 Å². The zero-order valence-electron chi connectivity index (χ0n) is 15.1. The first-order valence-electron chi connectivity index (χ1n) is 9.05. The molecule has 6 nitrogen and oxygen atoms in total. The summed E-state index contributed by atoms with van der Waals surface area (Å²) in [6, 6.07) is 0. The molecule has 0 aliphatic heterocycles. The number of esters is 2. The number of fused-ring (bicyclic) bond motifs is 1. The van der Waals surface area contributed by atoms with E-state index in [1.807, 2.05) is 6.92 Å². The molecule has 136 valence electrons. The average molecular weight is 346 g/mol. The summed E-state index contributed by atoms with van der Waals surface area (Å²) < 4.78 is 10.0. The summed E-state index contributed by atoms with van der Waals surface area (Å²) in [5.41, 5.74) is 4.46. The lowest BCUT2D eigenvalue weighted by molar-refractivity contribution is -0.149. The summed E-state index contributed by atoms with van der Waals surface area (Å²) in [4.78, 5) is 23.8. The smallest absolute Gasteiger partial charge is 0.309 e. The Kier molecular flexibility index (Phi) is 5.25. The van der Waals surface area contributed by atoms with Gasteiger partial charge in [0.1, 0.15) is 0 Å². The van der Waals surface area contributed by atoms with Crippen LogP contribution in [0.15, 0.2) is 6.08 Å². The van der Waals surface area contributed by atoms with E-state index in [1.165, 1.54) is 18.2 Å². The molecule has 0 fully saturated rings. The van der Waals surface area contributed by atoms with Crippen LogP contribution in [0.2, 0.25) is 0 Å². The highest BCUT2D eigenvalue weighted by Crippen LogP contribution is 2.38. The molecule has 0 bridgehead atoms. The van der Waals surface area contributed by atoms with Crippen LogP contribution in [0.4, 0.5) is 0 Å². The van der Waals surface area contributed by atoms with Gasteiger partial charge in [-0.05, 0) is 44.1 Å². The number of methoxy groups -OCH3 is 1. The van der Waals surface area contributed by atoms with Gasteiger partial charge in [0.05, 0.1) is 31.2 Å². The molecule has 1 N–H and O–H groups in total. The fourth-order valence-corrected chi connectivity index (χ4v) is 3.99. The quantitative estimate of drug-likeness (QED) is 0.848. The summed E-state index contributed by atoms with van der Waals surface area (Å²) in [6.45, 7) is 4.36. The van der Waals surface area contributed by atoms with E-state index in [2.05, 4.69) is 23.2 Å². The van der Waals surface area contributed by atoms with Crippen LogP contribution in [-0.4, -0.2) is 35.9 Å². The van der Waals surface area contributed by atoms with Crippen molar-refractivity contribution in [2.24, 2.45) is 17.8 Å². The minimum atomic E-state index is -0.149. The van der Waals surface area contributed by atoms with Gasteiger partial charge in [0.2, 0.25) is 0 Å². The number of nitrogens with one attached hydrogen (secondary N) is 1. The van der Waals surface area contributed by atoms with Gasteiger partial charge in [-0.15, -0.1) is 0 Å². The number of hydrogen-bond donors (Lipinski definition) is 1. The zero-order chi connectivity index (χ0) is 18.0. The van der Waals surface area contributed by atoms with Gasteiger partial charge in [-0.25, -0.2) is 0 Å². The standard InChI is InChI=1S/C19H26N2O4/c1-4-25-19(23)14-7-5-12(9-11(14)2)17-15-8-6-13(18(22)24-3)10-16(15)20-21-17/h5,11,13-14H,4,6-10H2,1-3H3,(H,20,21)/t11-,13?,14+/m0/s1. The Hall–Kier alpha value is -2.11.